The number of hydrogen-bond donors (Lipinski definition) is 2. The molecule has 1 atom stereocenters. The van der Waals surface area contributed by atoms with Gasteiger partial charge in [-0.05, 0) is 24.0 Å². The van der Waals surface area contributed by atoms with Crippen molar-refractivity contribution in [2.45, 2.75) is 30.7 Å². The van der Waals surface area contributed by atoms with E-state index in [0.29, 0.717) is 6.54 Å². The third kappa shape index (κ3) is 2.77. The van der Waals surface area contributed by atoms with Gasteiger partial charge in [0.15, 0.2) is 0 Å². The first kappa shape index (κ1) is 14.8. The Morgan fingerprint density at radius 3 is 2.18 bits per heavy atom. The van der Waals surface area contributed by atoms with Crippen LogP contribution >= 0.6 is 0 Å². The Kier molecular flexibility index (Phi) is 4.25. The summed E-state index contributed by atoms with van der Waals surface area (Å²) >= 11 is 0. The van der Waals surface area contributed by atoms with Crippen molar-refractivity contribution in [3.8, 4) is 0 Å². The van der Waals surface area contributed by atoms with Crippen LogP contribution in [0, 0.1) is 0 Å². The predicted octanol–water partition coefficient (Wildman–Crippen LogP) is 2.92. The summed E-state index contributed by atoms with van der Waals surface area (Å²) in [4.78, 5) is 12.7. The summed E-state index contributed by atoms with van der Waals surface area (Å²) < 4.78 is 0. The molecule has 3 nitrogen and oxygen atoms in total. The largest absolute Gasteiger partial charge is 0.353 e. The van der Waals surface area contributed by atoms with Crippen LogP contribution in [0.15, 0.2) is 60.7 Å². The van der Waals surface area contributed by atoms with Gasteiger partial charge in [-0.2, -0.15) is 0 Å². The summed E-state index contributed by atoms with van der Waals surface area (Å²) in [5, 5.41) is 3.06. The molecule has 0 heterocycles. The molecule has 0 bridgehead atoms. The van der Waals surface area contributed by atoms with Gasteiger partial charge in [-0.25, -0.2) is 0 Å². The van der Waals surface area contributed by atoms with Gasteiger partial charge < -0.3 is 11.1 Å². The van der Waals surface area contributed by atoms with Crippen molar-refractivity contribution in [1.29, 1.82) is 0 Å². The van der Waals surface area contributed by atoms with Crippen LogP contribution in [0.1, 0.15) is 36.4 Å². The number of hydrogen-bond acceptors (Lipinski definition) is 2. The lowest BCUT2D eigenvalue weighted by Crippen LogP contribution is -2.50. The first-order valence-electron chi connectivity index (χ1n) is 7.87. The van der Waals surface area contributed by atoms with E-state index < -0.39 is 0 Å². The van der Waals surface area contributed by atoms with Crippen molar-refractivity contribution >= 4 is 5.91 Å². The molecule has 3 N–H and O–H groups in total. The molecule has 0 aromatic heterocycles. The molecule has 1 unspecified atom stereocenters. The fraction of sp³-hybridized carbons (Fsp3) is 0.316. The van der Waals surface area contributed by atoms with Crippen molar-refractivity contribution in [3.63, 3.8) is 0 Å². The topological polar surface area (TPSA) is 55.1 Å². The van der Waals surface area contributed by atoms with E-state index in [9.17, 15) is 4.79 Å². The van der Waals surface area contributed by atoms with E-state index in [1.807, 2.05) is 48.5 Å². The van der Waals surface area contributed by atoms with Crippen LogP contribution in [-0.4, -0.2) is 12.5 Å². The Morgan fingerprint density at radius 2 is 1.64 bits per heavy atom. The number of carbonyl (C=O) groups is 1. The molecule has 2 aromatic rings. The Hall–Kier alpha value is -2.13. The maximum absolute atomic E-state index is 12.7. The molecule has 1 saturated carbocycles. The fourth-order valence-corrected chi connectivity index (χ4v) is 3.12. The van der Waals surface area contributed by atoms with Crippen LogP contribution in [0.2, 0.25) is 0 Å². The van der Waals surface area contributed by atoms with Gasteiger partial charge in [0.05, 0.1) is 5.41 Å². The van der Waals surface area contributed by atoms with Gasteiger partial charge in [-0.3, -0.25) is 4.79 Å². The highest BCUT2D eigenvalue weighted by atomic mass is 16.2. The second kappa shape index (κ2) is 6.32. The maximum Gasteiger partial charge on any atom is 0.230 e. The average molecular weight is 294 g/mol. The van der Waals surface area contributed by atoms with Crippen LogP contribution in [0.5, 0.6) is 0 Å². The molecule has 3 heteroatoms. The monoisotopic (exact) mass is 294 g/mol. The molecule has 0 spiro atoms. The molecule has 3 rings (SSSR count). The molecule has 0 aliphatic heterocycles. The molecule has 1 amide bonds. The Bertz CT molecular complexity index is 620. The van der Waals surface area contributed by atoms with Crippen molar-refractivity contribution in [1.82, 2.24) is 5.32 Å². The lowest BCUT2D eigenvalue weighted by molar-refractivity contribution is -0.130. The number of rotatable bonds is 5. The average Bonchev–Trinajstić information content (AvgIpc) is 2.53. The molecule has 114 valence electrons. The number of benzene rings is 2. The van der Waals surface area contributed by atoms with Gasteiger partial charge in [0.1, 0.15) is 0 Å². The fourth-order valence-electron chi connectivity index (χ4n) is 3.12. The summed E-state index contributed by atoms with van der Waals surface area (Å²) in [5.74, 6) is 0.108. The number of nitrogens with two attached hydrogens (primary N) is 1. The normalized spacial score (nSPS) is 17.3. The van der Waals surface area contributed by atoms with Gasteiger partial charge in [-0.15, -0.1) is 0 Å². The highest BCUT2D eigenvalue weighted by Gasteiger charge is 2.45. The van der Waals surface area contributed by atoms with Crippen LogP contribution in [0.4, 0.5) is 0 Å². The van der Waals surface area contributed by atoms with E-state index in [0.717, 1.165) is 30.4 Å². The second-order valence-corrected chi connectivity index (χ2v) is 6.03. The van der Waals surface area contributed by atoms with Crippen LogP contribution in [-0.2, 0) is 10.2 Å². The summed E-state index contributed by atoms with van der Waals surface area (Å²) in [6.07, 6.45) is 2.94. The van der Waals surface area contributed by atoms with Crippen molar-refractivity contribution < 1.29 is 4.79 Å². The van der Waals surface area contributed by atoms with Crippen molar-refractivity contribution in [3.05, 3.63) is 71.8 Å². The Labute approximate surface area is 131 Å². The summed E-state index contributed by atoms with van der Waals surface area (Å²) in [7, 11) is 0. The van der Waals surface area contributed by atoms with Crippen molar-refractivity contribution in [2.75, 3.05) is 6.54 Å². The molecule has 2 aromatic carbocycles. The Balaban J connectivity index is 1.66. The lowest BCUT2D eigenvalue weighted by Gasteiger charge is -2.41. The van der Waals surface area contributed by atoms with Gasteiger partial charge >= 0.3 is 0 Å². The Morgan fingerprint density at radius 1 is 1.05 bits per heavy atom. The molecule has 1 aliphatic carbocycles. The predicted molar refractivity (Wildman–Crippen MR) is 88.4 cm³/mol. The highest BCUT2D eigenvalue weighted by molar-refractivity contribution is 5.89. The molecule has 1 aliphatic rings. The van der Waals surface area contributed by atoms with E-state index in [-0.39, 0.29) is 17.4 Å². The molecule has 0 saturated heterocycles. The van der Waals surface area contributed by atoms with E-state index in [1.54, 1.807) is 0 Å². The van der Waals surface area contributed by atoms with Gasteiger partial charge in [0.25, 0.3) is 0 Å². The second-order valence-electron chi connectivity index (χ2n) is 6.03. The van der Waals surface area contributed by atoms with Crippen molar-refractivity contribution in [2.24, 2.45) is 5.73 Å². The quantitative estimate of drug-likeness (QED) is 0.891. The minimum absolute atomic E-state index is 0.108. The molecule has 1 fully saturated rings. The molecule has 22 heavy (non-hydrogen) atoms. The lowest BCUT2D eigenvalue weighted by atomic mass is 9.64. The van der Waals surface area contributed by atoms with Crippen LogP contribution in [0.25, 0.3) is 0 Å². The first-order chi connectivity index (χ1) is 10.7. The van der Waals surface area contributed by atoms with Gasteiger partial charge in [0, 0.05) is 12.6 Å². The zero-order valence-electron chi connectivity index (χ0n) is 12.7. The highest BCUT2D eigenvalue weighted by Crippen LogP contribution is 2.43. The number of nitrogens with one attached hydrogen (secondary N) is 1. The van der Waals surface area contributed by atoms with E-state index in [2.05, 4.69) is 17.4 Å². The third-order valence-electron chi connectivity index (χ3n) is 4.68. The zero-order valence-corrected chi connectivity index (χ0v) is 12.7. The van der Waals surface area contributed by atoms with E-state index in [4.69, 9.17) is 5.73 Å². The van der Waals surface area contributed by atoms with E-state index >= 15 is 0 Å². The minimum Gasteiger partial charge on any atom is -0.353 e. The number of carbonyl (C=O) groups excluding carboxylic acids is 1. The number of amides is 1. The standard InChI is InChI=1S/C19H22N2O/c20-17(15-8-3-1-4-9-15)14-21-18(22)19(12-7-13-19)16-10-5-2-6-11-16/h1-6,8-11,17H,7,12-14,20H2,(H,21,22). The summed E-state index contributed by atoms with van der Waals surface area (Å²) in [6.45, 7) is 0.470. The SMILES string of the molecule is NC(CNC(=O)C1(c2ccccc2)CCC1)c1ccccc1. The molecular formula is C19H22N2O. The van der Waals surface area contributed by atoms with Crippen LogP contribution in [0.3, 0.4) is 0 Å². The summed E-state index contributed by atoms with van der Waals surface area (Å²) in [6, 6.07) is 19.8. The zero-order chi connectivity index (χ0) is 15.4. The maximum atomic E-state index is 12.7. The van der Waals surface area contributed by atoms with E-state index in [1.165, 1.54) is 0 Å². The first-order valence-corrected chi connectivity index (χ1v) is 7.87. The molecular weight excluding hydrogens is 272 g/mol. The summed E-state index contributed by atoms with van der Waals surface area (Å²) in [5.41, 5.74) is 7.98. The van der Waals surface area contributed by atoms with Gasteiger partial charge in [0.2, 0.25) is 5.91 Å². The van der Waals surface area contributed by atoms with Gasteiger partial charge in [-0.1, -0.05) is 67.1 Å². The third-order valence-corrected chi connectivity index (χ3v) is 4.68. The molecule has 0 radical (unpaired) electrons. The van der Waals surface area contributed by atoms with Crippen LogP contribution < -0.4 is 11.1 Å². The smallest absolute Gasteiger partial charge is 0.230 e. The minimum atomic E-state index is -0.350.